The summed E-state index contributed by atoms with van der Waals surface area (Å²) in [6.07, 6.45) is -1.26. The zero-order chi connectivity index (χ0) is 22.1. The van der Waals surface area contributed by atoms with Crippen LogP contribution in [-0.2, 0) is 23.8 Å². The summed E-state index contributed by atoms with van der Waals surface area (Å²) in [6.45, 7) is 1.85. The van der Waals surface area contributed by atoms with E-state index in [4.69, 9.17) is 14.2 Å². The van der Waals surface area contributed by atoms with E-state index < -0.39 is 46.3 Å². The standard InChI is InChI=1S/C21H20FNO7/c1-12-4-6-14(7-5-12)18-17(23(26)27)16(13-8-10-15(22)11-9-13)21(30-18,19(24)28-2)20(25)29-3/h4-11,16-18H,1-3H3/t16-,17-,18-/m1/s1. The van der Waals surface area contributed by atoms with Crippen LogP contribution in [0.2, 0.25) is 0 Å². The first-order chi connectivity index (χ1) is 14.3. The lowest BCUT2D eigenvalue weighted by Crippen LogP contribution is -2.53. The summed E-state index contributed by atoms with van der Waals surface area (Å²) in [5.41, 5.74) is -0.946. The van der Waals surface area contributed by atoms with Crippen molar-refractivity contribution in [1.29, 1.82) is 0 Å². The topological polar surface area (TPSA) is 105 Å². The van der Waals surface area contributed by atoms with Crippen LogP contribution < -0.4 is 0 Å². The van der Waals surface area contributed by atoms with Gasteiger partial charge in [0.15, 0.2) is 6.10 Å². The van der Waals surface area contributed by atoms with Crippen molar-refractivity contribution in [2.24, 2.45) is 0 Å². The maximum absolute atomic E-state index is 13.5. The number of hydrogen-bond acceptors (Lipinski definition) is 7. The number of methoxy groups -OCH3 is 2. The molecule has 9 heteroatoms. The van der Waals surface area contributed by atoms with Gasteiger partial charge in [0.1, 0.15) is 11.7 Å². The molecule has 0 aromatic heterocycles. The fraction of sp³-hybridized carbons (Fsp3) is 0.333. The van der Waals surface area contributed by atoms with Crippen molar-refractivity contribution in [1.82, 2.24) is 0 Å². The van der Waals surface area contributed by atoms with E-state index in [0.29, 0.717) is 5.56 Å². The van der Waals surface area contributed by atoms with Crippen LogP contribution in [0.1, 0.15) is 28.7 Å². The monoisotopic (exact) mass is 417 g/mol. The predicted octanol–water partition coefficient (Wildman–Crippen LogP) is 2.72. The van der Waals surface area contributed by atoms with Crippen molar-refractivity contribution in [2.45, 2.75) is 30.6 Å². The SMILES string of the molecule is COC(=O)C1(C(=O)OC)O[C@H](c2ccc(C)cc2)[C@H]([N+](=O)[O-])[C@H]1c1ccc(F)cc1. The molecule has 3 atom stereocenters. The van der Waals surface area contributed by atoms with Gasteiger partial charge < -0.3 is 14.2 Å². The minimum absolute atomic E-state index is 0.170. The molecule has 2 aromatic carbocycles. The number of hydrogen-bond donors (Lipinski definition) is 0. The molecule has 158 valence electrons. The van der Waals surface area contributed by atoms with E-state index in [0.717, 1.165) is 31.9 Å². The van der Waals surface area contributed by atoms with Gasteiger partial charge in [0, 0.05) is 4.92 Å². The highest BCUT2D eigenvalue weighted by atomic mass is 19.1. The summed E-state index contributed by atoms with van der Waals surface area (Å²) in [4.78, 5) is 37.2. The van der Waals surface area contributed by atoms with Crippen molar-refractivity contribution in [2.75, 3.05) is 14.2 Å². The molecule has 3 rings (SSSR count). The van der Waals surface area contributed by atoms with Crippen molar-refractivity contribution >= 4 is 11.9 Å². The van der Waals surface area contributed by atoms with Crippen molar-refractivity contribution in [3.05, 3.63) is 81.2 Å². The Morgan fingerprint density at radius 3 is 1.97 bits per heavy atom. The lowest BCUT2D eigenvalue weighted by Gasteiger charge is -2.28. The van der Waals surface area contributed by atoms with Gasteiger partial charge in [0.25, 0.3) is 11.6 Å². The summed E-state index contributed by atoms with van der Waals surface area (Å²) in [5.74, 6) is -4.26. The molecular weight excluding hydrogens is 397 g/mol. The van der Waals surface area contributed by atoms with Crippen LogP contribution in [0.15, 0.2) is 48.5 Å². The first-order valence-corrected chi connectivity index (χ1v) is 9.06. The number of carbonyl (C=O) groups excluding carboxylic acids is 2. The van der Waals surface area contributed by atoms with Crippen LogP contribution in [0, 0.1) is 22.9 Å². The molecule has 0 amide bonds. The fourth-order valence-electron chi connectivity index (χ4n) is 3.85. The van der Waals surface area contributed by atoms with E-state index in [1.165, 1.54) is 12.1 Å². The molecule has 2 aromatic rings. The fourth-order valence-corrected chi connectivity index (χ4v) is 3.85. The Morgan fingerprint density at radius 1 is 1.00 bits per heavy atom. The molecule has 8 nitrogen and oxygen atoms in total. The number of ether oxygens (including phenoxy) is 3. The van der Waals surface area contributed by atoms with Crippen LogP contribution in [0.25, 0.3) is 0 Å². The van der Waals surface area contributed by atoms with Gasteiger partial charge in [-0.25, -0.2) is 14.0 Å². The Hall–Kier alpha value is -3.33. The Kier molecular flexibility index (Phi) is 5.84. The minimum Gasteiger partial charge on any atom is -0.466 e. The van der Waals surface area contributed by atoms with Crippen LogP contribution >= 0.6 is 0 Å². The third-order valence-electron chi connectivity index (χ3n) is 5.26. The van der Waals surface area contributed by atoms with Crippen molar-refractivity contribution < 1.29 is 33.1 Å². The van der Waals surface area contributed by atoms with Crippen LogP contribution in [-0.4, -0.2) is 42.7 Å². The highest BCUT2D eigenvalue weighted by Crippen LogP contribution is 2.51. The molecule has 0 unspecified atom stereocenters. The average Bonchev–Trinajstić information content (AvgIpc) is 3.11. The molecule has 0 bridgehead atoms. The van der Waals surface area contributed by atoms with Gasteiger partial charge in [0.05, 0.1) is 14.2 Å². The molecule has 1 saturated heterocycles. The summed E-state index contributed by atoms with van der Waals surface area (Å²) in [7, 11) is 2.08. The Balaban J connectivity index is 2.28. The van der Waals surface area contributed by atoms with E-state index in [-0.39, 0.29) is 5.56 Å². The number of benzene rings is 2. The Morgan fingerprint density at radius 2 is 1.50 bits per heavy atom. The summed E-state index contributed by atoms with van der Waals surface area (Å²) >= 11 is 0. The molecule has 1 heterocycles. The van der Waals surface area contributed by atoms with Gasteiger partial charge in [-0.1, -0.05) is 42.0 Å². The molecule has 30 heavy (non-hydrogen) atoms. The van der Waals surface area contributed by atoms with Crippen LogP contribution in [0.5, 0.6) is 0 Å². The van der Waals surface area contributed by atoms with E-state index in [1.807, 2.05) is 6.92 Å². The van der Waals surface area contributed by atoms with Gasteiger partial charge in [-0.2, -0.15) is 0 Å². The molecule has 1 fully saturated rings. The van der Waals surface area contributed by atoms with Gasteiger partial charge >= 0.3 is 11.9 Å². The average molecular weight is 417 g/mol. The second kappa shape index (κ2) is 8.19. The van der Waals surface area contributed by atoms with E-state index >= 15 is 0 Å². The largest absolute Gasteiger partial charge is 0.466 e. The van der Waals surface area contributed by atoms with Crippen molar-refractivity contribution in [3.63, 3.8) is 0 Å². The van der Waals surface area contributed by atoms with Gasteiger partial charge in [-0.05, 0) is 30.2 Å². The van der Waals surface area contributed by atoms with Gasteiger partial charge in [-0.3, -0.25) is 10.1 Å². The smallest absolute Gasteiger partial charge is 0.351 e. The van der Waals surface area contributed by atoms with E-state index in [9.17, 15) is 24.1 Å². The first kappa shape index (κ1) is 21.4. The number of rotatable bonds is 5. The molecular formula is C21H20FNO7. The third kappa shape index (κ3) is 3.41. The van der Waals surface area contributed by atoms with Gasteiger partial charge in [0.2, 0.25) is 0 Å². The zero-order valence-corrected chi connectivity index (χ0v) is 16.5. The van der Waals surface area contributed by atoms with Crippen LogP contribution in [0.4, 0.5) is 4.39 Å². The lowest BCUT2D eigenvalue weighted by molar-refractivity contribution is -0.531. The summed E-state index contributed by atoms with van der Waals surface area (Å²) in [6, 6.07) is 9.91. The molecule has 0 saturated carbocycles. The molecule has 0 aliphatic carbocycles. The number of halogens is 1. The lowest BCUT2D eigenvalue weighted by atomic mass is 9.77. The molecule has 0 N–H and O–H groups in total. The maximum Gasteiger partial charge on any atom is 0.351 e. The summed E-state index contributed by atoms with van der Waals surface area (Å²) < 4.78 is 29.0. The highest BCUT2D eigenvalue weighted by molar-refractivity contribution is 6.05. The summed E-state index contributed by atoms with van der Waals surface area (Å²) in [5, 5.41) is 12.2. The zero-order valence-electron chi connectivity index (χ0n) is 16.5. The van der Waals surface area contributed by atoms with E-state index in [1.54, 1.807) is 24.3 Å². The molecule has 1 aliphatic rings. The second-order valence-electron chi connectivity index (χ2n) is 6.97. The molecule has 1 aliphatic heterocycles. The minimum atomic E-state index is -2.44. The van der Waals surface area contributed by atoms with E-state index in [2.05, 4.69) is 0 Å². The number of nitro groups is 1. The molecule has 0 radical (unpaired) electrons. The second-order valence-corrected chi connectivity index (χ2v) is 6.97. The highest BCUT2D eigenvalue weighted by Gasteiger charge is 2.71. The molecule has 0 spiro atoms. The predicted molar refractivity (Wildman–Crippen MR) is 102 cm³/mol. The van der Waals surface area contributed by atoms with Crippen LogP contribution in [0.3, 0.4) is 0 Å². The number of aryl methyl sites for hydroxylation is 1. The quantitative estimate of drug-likeness (QED) is 0.319. The first-order valence-electron chi connectivity index (χ1n) is 9.06. The van der Waals surface area contributed by atoms with Crippen molar-refractivity contribution in [3.8, 4) is 0 Å². The Bertz CT molecular complexity index is 942. The number of nitrogens with zero attached hydrogens (tertiary/aromatic N) is 1. The number of esters is 2. The third-order valence-corrected chi connectivity index (χ3v) is 5.26. The van der Waals surface area contributed by atoms with Gasteiger partial charge in [-0.15, -0.1) is 0 Å². The number of carbonyl (C=O) groups is 2. The Labute approximate surface area is 171 Å². The normalized spacial score (nSPS) is 22.3. The maximum atomic E-state index is 13.5.